The lowest BCUT2D eigenvalue weighted by molar-refractivity contribution is -0.384. The fourth-order valence-corrected chi connectivity index (χ4v) is 3.69. The normalized spacial score (nSPS) is 25.7. The number of amides is 1. The van der Waals surface area contributed by atoms with Crippen molar-refractivity contribution in [2.24, 2.45) is 23.7 Å². The minimum absolute atomic E-state index is 0.0326. The van der Waals surface area contributed by atoms with Crippen molar-refractivity contribution < 1.29 is 19.2 Å². The highest BCUT2D eigenvalue weighted by molar-refractivity contribution is 6.29. The van der Waals surface area contributed by atoms with Crippen LogP contribution in [-0.4, -0.2) is 23.4 Å². The first-order valence-electron chi connectivity index (χ1n) is 8.10. The number of allylic oxidation sites excluding steroid dienone is 2. The van der Waals surface area contributed by atoms with Crippen molar-refractivity contribution in [3.05, 3.63) is 58.1 Å². The van der Waals surface area contributed by atoms with Crippen LogP contribution in [0.5, 0.6) is 0 Å². The first-order chi connectivity index (χ1) is 12.4. The smallest absolute Gasteiger partial charge is 0.310 e. The molecule has 2 bridgehead atoms. The molecule has 1 fully saturated rings. The van der Waals surface area contributed by atoms with E-state index in [0.29, 0.717) is 5.69 Å². The Balaban J connectivity index is 1.72. The molecule has 1 N–H and O–H groups in total. The van der Waals surface area contributed by atoms with Gasteiger partial charge in [0.1, 0.15) is 6.61 Å². The second-order valence-corrected chi connectivity index (χ2v) is 6.95. The molecular weight excluding hydrogens is 360 g/mol. The number of anilines is 1. The van der Waals surface area contributed by atoms with Crippen molar-refractivity contribution >= 4 is 34.9 Å². The molecule has 1 amide bonds. The maximum absolute atomic E-state index is 12.7. The van der Waals surface area contributed by atoms with Crippen molar-refractivity contribution in [1.29, 1.82) is 0 Å². The Morgan fingerprint density at radius 2 is 1.85 bits per heavy atom. The number of nitro groups is 1. The standard InChI is InChI=1S/C18H17ClN2O5/c1-10(19)9-26-18(23)16-12-3-2-11(8-12)15(16)17(22)20-13-4-6-14(7-5-13)21(24)25/h2-7,11-12,15-16H,1,8-9H2,(H,20,22). The molecule has 0 heterocycles. The molecule has 2 aliphatic carbocycles. The van der Waals surface area contributed by atoms with Gasteiger partial charge in [0.2, 0.25) is 5.91 Å². The zero-order chi connectivity index (χ0) is 18.8. The number of hydrogen-bond donors (Lipinski definition) is 1. The lowest BCUT2D eigenvalue weighted by Crippen LogP contribution is -2.37. The first kappa shape index (κ1) is 18.1. The van der Waals surface area contributed by atoms with Crippen LogP contribution in [0.4, 0.5) is 11.4 Å². The summed E-state index contributed by atoms with van der Waals surface area (Å²) in [7, 11) is 0. The highest BCUT2D eigenvalue weighted by Gasteiger charge is 2.52. The Hall–Kier alpha value is -2.67. The van der Waals surface area contributed by atoms with Gasteiger partial charge in [0.05, 0.1) is 16.8 Å². The first-order valence-corrected chi connectivity index (χ1v) is 8.48. The predicted octanol–water partition coefficient (Wildman–Crippen LogP) is 3.27. The van der Waals surface area contributed by atoms with Gasteiger partial charge in [0, 0.05) is 22.9 Å². The van der Waals surface area contributed by atoms with Gasteiger partial charge < -0.3 is 10.1 Å². The summed E-state index contributed by atoms with van der Waals surface area (Å²) < 4.78 is 5.15. The third-order valence-corrected chi connectivity index (χ3v) is 4.86. The molecule has 8 heteroatoms. The molecule has 1 saturated carbocycles. The zero-order valence-electron chi connectivity index (χ0n) is 13.8. The number of halogens is 1. The van der Waals surface area contributed by atoms with E-state index in [0.717, 1.165) is 6.42 Å². The van der Waals surface area contributed by atoms with Gasteiger partial charge in [-0.15, -0.1) is 0 Å². The summed E-state index contributed by atoms with van der Waals surface area (Å²) in [4.78, 5) is 35.4. The summed E-state index contributed by atoms with van der Waals surface area (Å²) >= 11 is 5.64. The molecule has 4 unspecified atom stereocenters. The summed E-state index contributed by atoms with van der Waals surface area (Å²) in [6.45, 7) is 3.39. The van der Waals surface area contributed by atoms with Crippen LogP contribution >= 0.6 is 11.6 Å². The molecule has 3 rings (SSSR count). The van der Waals surface area contributed by atoms with E-state index >= 15 is 0 Å². The summed E-state index contributed by atoms with van der Waals surface area (Å²) in [5.74, 6) is -1.95. The van der Waals surface area contributed by atoms with Gasteiger partial charge in [-0.1, -0.05) is 30.3 Å². The van der Waals surface area contributed by atoms with Crippen molar-refractivity contribution in [1.82, 2.24) is 0 Å². The van der Waals surface area contributed by atoms with Gasteiger partial charge >= 0.3 is 5.97 Å². The minimum Gasteiger partial charge on any atom is -0.460 e. The lowest BCUT2D eigenvalue weighted by Gasteiger charge is -2.25. The predicted molar refractivity (Wildman–Crippen MR) is 95.4 cm³/mol. The fraction of sp³-hybridized carbons (Fsp3) is 0.333. The number of non-ortho nitro benzene ring substituents is 1. The largest absolute Gasteiger partial charge is 0.460 e. The molecule has 1 aromatic rings. The molecule has 1 aromatic carbocycles. The van der Waals surface area contributed by atoms with Crippen LogP contribution in [-0.2, 0) is 14.3 Å². The molecule has 0 saturated heterocycles. The third-order valence-electron chi connectivity index (χ3n) is 4.75. The molecule has 26 heavy (non-hydrogen) atoms. The number of carbonyl (C=O) groups is 2. The molecule has 0 radical (unpaired) electrons. The van der Waals surface area contributed by atoms with Gasteiger partial charge in [-0.25, -0.2) is 0 Å². The van der Waals surface area contributed by atoms with E-state index in [9.17, 15) is 19.7 Å². The highest BCUT2D eigenvalue weighted by atomic mass is 35.5. The molecule has 7 nitrogen and oxygen atoms in total. The second-order valence-electron chi connectivity index (χ2n) is 6.42. The molecule has 0 aliphatic heterocycles. The Labute approximate surface area is 154 Å². The quantitative estimate of drug-likeness (QED) is 0.355. The monoisotopic (exact) mass is 376 g/mol. The number of nitrogens with zero attached hydrogens (tertiary/aromatic N) is 1. The number of benzene rings is 1. The molecule has 136 valence electrons. The molecule has 2 aliphatic rings. The summed E-state index contributed by atoms with van der Waals surface area (Å²) in [5, 5.41) is 13.7. The third kappa shape index (κ3) is 3.62. The van der Waals surface area contributed by atoms with Gasteiger partial charge in [-0.2, -0.15) is 0 Å². The molecule has 0 spiro atoms. The van der Waals surface area contributed by atoms with Gasteiger partial charge in [-0.05, 0) is 30.4 Å². The van der Waals surface area contributed by atoms with Crippen LogP contribution < -0.4 is 5.32 Å². The summed E-state index contributed by atoms with van der Waals surface area (Å²) in [6, 6.07) is 5.55. The Morgan fingerprint density at radius 1 is 1.23 bits per heavy atom. The van der Waals surface area contributed by atoms with Crippen LogP contribution in [0.1, 0.15) is 6.42 Å². The van der Waals surface area contributed by atoms with E-state index in [1.807, 2.05) is 12.2 Å². The van der Waals surface area contributed by atoms with Crippen molar-refractivity contribution in [3.63, 3.8) is 0 Å². The number of nitrogens with one attached hydrogen (secondary N) is 1. The summed E-state index contributed by atoms with van der Waals surface area (Å²) in [5.41, 5.74) is 0.377. The van der Waals surface area contributed by atoms with Gasteiger partial charge in [0.15, 0.2) is 0 Å². The van der Waals surface area contributed by atoms with E-state index in [1.54, 1.807) is 0 Å². The average Bonchev–Trinajstić information content (AvgIpc) is 3.21. The second kappa shape index (κ2) is 7.29. The van der Waals surface area contributed by atoms with Crippen LogP contribution in [0.15, 0.2) is 48.0 Å². The average molecular weight is 377 g/mol. The molecular formula is C18H17ClN2O5. The van der Waals surface area contributed by atoms with Crippen LogP contribution in [0.25, 0.3) is 0 Å². The van der Waals surface area contributed by atoms with Gasteiger partial charge in [0.25, 0.3) is 5.69 Å². The van der Waals surface area contributed by atoms with Crippen molar-refractivity contribution in [2.75, 3.05) is 11.9 Å². The zero-order valence-corrected chi connectivity index (χ0v) is 14.5. The number of hydrogen-bond acceptors (Lipinski definition) is 5. The van der Waals surface area contributed by atoms with Gasteiger partial charge in [-0.3, -0.25) is 19.7 Å². The Bertz CT molecular complexity index is 789. The fourth-order valence-electron chi connectivity index (χ4n) is 3.64. The van der Waals surface area contributed by atoms with E-state index < -0.39 is 22.7 Å². The van der Waals surface area contributed by atoms with Crippen LogP contribution in [0.2, 0.25) is 0 Å². The number of nitro benzene ring substituents is 1. The van der Waals surface area contributed by atoms with Crippen molar-refractivity contribution in [2.45, 2.75) is 6.42 Å². The summed E-state index contributed by atoms with van der Waals surface area (Å²) in [6.07, 6.45) is 4.62. The number of ether oxygens (including phenoxy) is 1. The maximum atomic E-state index is 12.7. The maximum Gasteiger partial charge on any atom is 0.310 e. The van der Waals surface area contributed by atoms with Crippen molar-refractivity contribution in [3.8, 4) is 0 Å². The Kier molecular flexibility index (Phi) is 5.08. The van der Waals surface area contributed by atoms with E-state index in [2.05, 4.69) is 11.9 Å². The lowest BCUT2D eigenvalue weighted by atomic mass is 9.82. The molecule has 0 aromatic heterocycles. The molecule has 4 atom stereocenters. The topological polar surface area (TPSA) is 98.5 Å². The van der Waals surface area contributed by atoms with Crippen LogP contribution in [0, 0.1) is 33.8 Å². The highest BCUT2D eigenvalue weighted by Crippen LogP contribution is 2.49. The van der Waals surface area contributed by atoms with Crippen LogP contribution in [0.3, 0.4) is 0 Å². The number of carbonyl (C=O) groups excluding carboxylic acids is 2. The van der Waals surface area contributed by atoms with E-state index in [1.165, 1.54) is 24.3 Å². The Morgan fingerprint density at radius 3 is 2.42 bits per heavy atom. The number of fused-ring (bicyclic) bond motifs is 2. The SMILES string of the molecule is C=C(Cl)COC(=O)C1C2C=CC(C2)C1C(=O)Nc1ccc([N+](=O)[O-])cc1. The number of esters is 1. The van der Waals surface area contributed by atoms with E-state index in [4.69, 9.17) is 16.3 Å². The number of rotatable bonds is 6. The minimum atomic E-state index is -0.570. The van der Waals surface area contributed by atoms with E-state index in [-0.39, 0.29) is 35.1 Å².